The van der Waals surface area contributed by atoms with E-state index in [2.05, 4.69) is 22.3 Å². The standard InChI is InChI=1S/C12H15ClN4/c1-9(8-11-14-16-17(2)15-11)12(13)10-6-4-3-5-7-10/h3-7,9,12H,8H2,1-2H3. The normalized spacial score (nSPS) is 14.5. The number of aromatic nitrogens is 4. The smallest absolute Gasteiger partial charge is 0.167 e. The minimum atomic E-state index is -0.0278. The van der Waals surface area contributed by atoms with Crippen LogP contribution in [0.2, 0.25) is 0 Å². The highest BCUT2D eigenvalue weighted by atomic mass is 35.5. The number of aryl methyl sites for hydroxylation is 1. The van der Waals surface area contributed by atoms with Crippen molar-refractivity contribution in [3.8, 4) is 0 Å². The molecule has 0 saturated heterocycles. The molecule has 0 bridgehead atoms. The first-order chi connectivity index (χ1) is 8.16. The van der Waals surface area contributed by atoms with Crippen LogP contribution in [0.3, 0.4) is 0 Å². The molecule has 5 heteroatoms. The van der Waals surface area contributed by atoms with Crippen LogP contribution in [0.25, 0.3) is 0 Å². The van der Waals surface area contributed by atoms with Crippen LogP contribution >= 0.6 is 11.6 Å². The fraction of sp³-hybridized carbons (Fsp3) is 0.417. The lowest BCUT2D eigenvalue weighted by atomic mass is 9.97. The van der Waals surface area contributed by atoms with Crippen molar-refractivity contribution < 1.29 is 0 Å². The highest BCUT2D eigenvalue weighted by Gasteiger charge is 2.18. The van der Waals surface area contributed by atoms with Gasteiger partial charge >= 0.3 is 0 Å². The van der Waals surface area contributed by atoms with Crippen molar-refractivity contribution in [1.82, 2.24) is 20.2 Å². The maximum absolute atomic E-state index is 6.43. The van der Waals surface area contributed by atoms with E-state index in [1.807, 2.05) is 30.3 Å². The maximum Gasteiger partial charge on any atom is 0.175 e. The van der Waals surface area contributed by atoms with Gasteiger partial charge in [0.2, 0.25) is 0 Å². The first-order valence-electron chi connectivity index (χ1n) is 5.58. The Kier molecular flexibility index (Phi) is 3.74. The predicted octanol–water partition coefficient (Wildman–Crippen LogP) is 2.37. The second-order valence-corrected chi connectivity index (χ2v) is 4.66. The molecule has 0 spiro atoms. The summed E-state index contributed by atoms with van der Waals surface area (Å²) in [6.45, 7) is 2.10. The monoisotopic (exact) mass is 250 g/mol. The van der Waals surface area contributed by atoms with E-state index >= 15 is 0 Å². The lowest BCUT2D eigenvalue weighted by molar-refractivity contribution is 0.539. The molecule has 2 rings (SSSR count). The number of nitrogens with zero attached hydrogens (tertiary/aromatic N) is 4. The Bertz CT molecular complexity index is 468. The van der Waals surface area contributed by atoms with Crippen LogP contribution in [0.15, 0.2) is 30.3 Å². The molecular formula is C12H15ClN4. The minimum Gasteiger partial charge on any atom is -0.167 e. The number of benzene rings is 1. The van der Waals surface area contributed by atoms with Crippen molar-refractivity contribution >= 4 is 11.6 Å². The Morgan fingerprint density at radius 1 is 1.29 bits per heavy atom. The van der Waals surface area contributed by atoms with E-state index in [1.54, 1.807) is 7.05 Å². The van der Waals surface area contributed by atoms with E-state index in [-0.39, 0.29) is 11.3 Å². The van der Waals surface area contributed by atoms with Gasteiger partial charge in [-0.2, -0.15) is 4.80 Å². The van der Waals surface area contributed by atoms with Crippen LogP contribution in [0.5, 0.6) is 0 Å². The first-order valence-corrected chi connectivity index (χ1v) is 6.02. The third kappa shape index (κ3) is 3.03. The van der Waals surface area contributed by atoms with Crippen molar-refractivity contribution in [3.05, 3.63) is 41.7 Å². The molecule has 2 unspecified atom stereocenters. The number of hydrogen-bond donors (Lipinski definition) is 0. The van der Waals surface area contributed by atoms with Gasteiger partial charge in [0.15, 0.2) is 5.82 Å². The van der Waals surface area contributed by atoms with Gasteiger partial charge < -0.3 is 0 Å². The molecule has 2 aromatic rings. The molecule has 17 heavy (non-hydrogen) atoms. The Labute approximate surface area is 106 Å². The average molecular weight is 251 g/mol. The molecule has 0 aliphatic rings. The van der Waals surface area contributed by atoms with Gasteiger partial charge in [-0.1, -0.05) is 37.3 Å². The summed E-state index contributed by atoms with van der Waals surface area (Å²) in [7, 11) is 1.76. The zero-order valence-electron chi connectivity index (χ0n) is 9.92. The number of tetrazole rings is 1. The number of alkyl halides is 1. The third-order valence-corrected chi connectivity index (χ3v) is 3.35. The van der Waals surface area contributed by atoms with Crippen molar-refractivity contribution in [1.29, 1.82) is 0 Å². The summed E-state index contributed by atoms with van der Waals surface area (Å²) >= 11 is 6.43. The van der Waals surface area contributed by atoms with E-state index in [0.29, 0.717) is 0 Å². The number of hydrogen-bond acceptors (Lipinski definition) is 3. The van der Waals surface area contributed by atoms with Crippen LogP contribution in [-0.4, -0.2) is 20.2 Å². The van der Waals surface area contributed by atoms with E-state index in [9.17, 15) is 0 Å². The summed E-state index contributed by atoms with van der Waals surface area (Å²) in [5.41, 5.74) is 1.13. The molecule has 0 saturated carbocycles. The highest BCUT2D eigenvalue weighted by Crippen LogP contribution is 2.30. The van der Waals surface area contributed by atoms with Crippen molar-refractivity contribution in [3.63, 3.8) is 0 Å². The molecule has 2 atom stereocenters. The van der Waals surface area contributed by atoms with E-state index in [1.165, 1.54) is 4.80 Å². The fourth-order valence-corrected chi connectivity index (χ4v) is 2.00. The molecule has 0 aliphatic heterocycles. The van der Waals surface area contributed by atoms with E-state index in [0.717, 1.165) is 17.8 Å². The molecule has 4 nitrogen and oxygen atoms in total. The second kappa shape index (κ2) is 5.27. The lowest BCUT2D eigenvalue weighted by Crippen LogP contribution is -2.09. The Morgan fingerprint density at radius 3 is 2.59 bits per heavy atom. The molecule has 90 valence electrons. The number of rotatable bonds is 4. The summed E-state index contributed by atoms with van der Waals surface area (Å²) < 4.78 is 0. The quantitative estimate of drug-likeness (QED) is 0.783. The van der Waals surface area contributed by atoms with E-state index in [4.69, 9.17) is 11.6 Å². The van der Waals surface area contributed by atoms with Gasteiger partial charge in [0.25, 0.3) is 0 Å². The van der Waals surface area contributed by atoms with Gasteiger partial charge in [0.05, 0.1) is 12.4 Å². The highest BCUT2D eigenvalue weighted by molar-refractivity contribution is 6.21. The molecule has 1 heterocycles. The minimum absolute atomic E-state index is 0.0278. The number of halogens is 1. The van der Waals surface area contributed by atoms with Crippen LogP contribution in [-0.2, 0) is 13.5 Å². The summed E-state index contributed by atoms with van der Waals surface area (Å²) in [6.07, 6.45) is 0.733. The van der Waals surface area contributed by atoms with Crippen LogP contribution in [0.4, 0.5) is 0 Å². The lowest BCUT2D eigenvalue weighted by Gasteiger charge is -2.16. The van der Waals surface area contributed by atoms with Crippen LogP contribution in [0.1, 0.15) is 23.7 Å². The SMILES string of the molecule is CC(Cc1nnn(C)n1)C(Cl)c1ccccc1. The molecule has 1 aromatic heterocycles. The first kappa shape index (κ1) is 12.0. The van der Waals surface area contributed by atoms with Gasteiger partial charge in [-0.25, -0.2) is 0 Å². The maximum atomic E-state index is 6.43. The second-order valence-electron chi connectivity index (χ2n) is 4.19. The molecule has 0 N–H and O–H groups in total. The molecular weight excluding hydrogens is 236 g/mol. The third-order valence-electron chi connectivity index (χ3n) is 2.67. The van der Waals surface area contributed by atoms with Gasteiger partial charge in [-0.15, -0.1) is 21.8 Å². The Balaban J connectivity index is 2.03. The van der Waals surface area contributed by atoms with Gasteiger partial charge in [0, 0.05) is 6.42 Å². The summed E-state index contributed by atoms with van der Waals surface area (Å²) in [5, 5.41) is 11.9. The zero-order valence-corrected chi connectivity index (χ0v) is 10.7. The largest absolute Gasteiger partial charge is 0.175 e. The molecule has 0 aliphatic carbocycles. The average Bonchev–Trinajstić information content (AvgIpc) is 2.75. The summed E-state index contributed by atoms with van der Waals surface area (Å²) in [5.74, 6) is 1.00. The molecule has 0 fully saturated rings. The fourth-order valence-electron chi connectivity index (χ4n) is 1.76. The topological polar surface area (TPSA) is 43.6 Å². The van der Waals surface area contributed by atoms with Gasteiger partial charge in [0.1, 0.15) is 0 Å². The predicted molar refractivity (Wildman–Crippen MR) is 66.7 cm³/mol. The zero-order chi connectivity index (χ0) is 12.3. The molecule has 0 amide bonds. The van der Waals surface area contributed by atoms with Gasteiger partial charge in [-0.05, 0) is 16.7 Å². The van der Waals surface area contributed by atoms with Crippen molar-refractivity contribution in [2.45, 2.75) is 18.7 Å². The van der Waals surface area contributed by atoms with Crippen molar-refractivity contribution in [2.75, 3.05) is 0 Å². The van der Waals surface area contributed by atoms with E-state index < -0.39 is 0 Å². The van der Waals surface area contributed by atoms with Crippen LogP contribution < -0.4 is 0 Å². The Morgan fingerprint density at radius 2 is 2.00 bits per heavy atom. The molecule has 0 radical (unpaired) electrons. The summed E-state index contributed by atoms with van der Waals surface area (Å²) in [4.78, 5) is 1.47. The van der Waals surface area contributed by atoms with Crippen LogP contribution in [0, 0.1) is 5.92 Å². The summed E-state index contributed by atoms with van der Waals surface area (Å²) in [6, 6.07) is 10.1. The molecule has 1 aromatic carbocycles. The Hall–Kier alpha value is -1.42. The van der Waals surface area contributed by atoms with Crippen molar-refractivity contribution in [2.24, 2.45) is 13.0 Å². The van der Waals surface area contributed by atoms with Gasteiger partial charge in [-0.3, -0.25) is 0 Å².